The lowest BCUT2D eigenvalue weighted by Crippen LogP contribution is -2.35. The Labute approximate surface area is 251 Å². The third-order valence-electron chi connectivity index (χ3n) is 6.25. The fourth-order valence-electron chi connectivity index (χ4n) is 4.18. The number of thiocarbonyl (C=S) groups is 1. The molecule has 0 atom stereocenters. The van der Waals surface area contributed by atoms with E-state index < -0.39 is 5.82 Å². The van der Waals surface area contributed by atoms with Gasteiger partial charge >= 0.3 is 0 Å². The summed E-state index contributed by atoms with van der Waals surface area (Å²) in [6.07, 6.45) is 1.80. The summed E-state index contributed by atoms with van der Waals surface area (Å²) < 4.78 is 26.9. The predicted molar refractivity (Wildman–Crippen MR) is 167 cm³/mol. The Morgan fingerprint density at radius 1 is 1.12 bits per heavy atom. The molecule has 0 aliphatic carbocycles. The van der Waals surface area contributed by atoms with Crippen molar-refractivity contribution in [1.29, 1.82) is 0 Å². The van der Waals surface area contributed by atoms with Crippen molar-refractivity contribution in [3.63, 3.8) is 0 Å². The minimum absolute atomic E-state index is 0.0419. The molecule has 4 N–H and O–H groups in total. The van der Waals surface area contributed by atoms with Crippen molar-refractivity contribution >= 4 is 50.5 Å². The molecule has 2 aromatic carbocycles. The molecule has 12 heteroatoms. The SMILES string of the molecule is COCCNCc1[nH]c(-c2cc3nccc(Oc4ccc(NC(=S)NC(=O)Cc5ccccc5)cc4F)c3s2)nc1C. The molecule has 0 aliphatic rings. The number of rotatable bonds is 11. The Kier molecular flexibility index (Phi) is 9.49. The smallest absolute Gasteiger partial charge is 0.230 e. The standard InChI is InChI=1S/C30H29FN6O3S2/c1-18-23(17-32-12-13-39-2)36-29(34-18)26-16-22-28(42-26)25(10-11-33-22)40-24-9-8-20(15-21(24)31)35-30(41)37-27(38)14-19-6-4-3-5-7-19/h3-11,15-16,32H,12-14,17H2,1-2H3,(H,34,36)(H2,35,37,38,41). The summed E-state index contributed by atoms with van der Waals surface area (Å²) in [5, 5.41) is 8.85. The van der Waals surface area contributed by atoms with Crippen LogP contribution in [0.25, 0.3) is 20.9 Å². The molecule has 0 radical (unpaired) electrons. The summed E-state index contributed by atoms with van der Waals surface area (Å²) >= 11 is 6.69. The number of fused-ring (bicyclic) bond motifs is 1. The van der Waals surface area contributed by atoms with E-state index in [0.717, 1.165) is 44.4 Å². The zero-order valence-electron chi connectivity index (χ0n) is 23.0. The van der Waals surface area contributed by atoms with Gasteiger partial charge in [-0.2, -0.15) is 0 Å². The quantitative estimate of drug-likeness (QED) is 0.112. The van der Waals surface area contributed by atoms with Crippen LogP contribution in [0, 0.1) is 12.7 Å². The molecule has 5 aromatic rings. The molecular formula is C30H29FN6O3S2. The predicted octanol–water partition coefficient (Wildman–Crippen LogP) is 5.72. The topological polar surface area (TPSA) is 113 Å². The van der Waals surface area contributed by atoms with Crippen LogP contribution >= 0.6 is 23.6 Å². The van der Waals surface area contributed by atoms with E-state index in [4.69, 9.17) is 21.7 Å². The number of aryl methyl sites for hydroxylation is 1. The number of methoxy groups -OCH3 is 1. The minimum atomic E-state index is -0.590. The van der Waals surface area contributed by atoms with Gasteiger partial charge in [0.15, 0.2) is 16.7 Å². The average molecular weight is 605 g/mol. The molecule has 0 saturated carbocycles. The molecule has 216 valence electrons. The first-order chi connectivity index (χ1) is 20.4. The summed E-state index contributed by atoms with van der Waals surface area (Å²) in [7, 11) is 1.67. The van der Waals surface area contributed by atoms with Crippen molar-refractivity contribution in [3.05, 3.63) is 89.6 Å². The number of ether oxygens (including phenoxy) is 2. The Hall–Kier alpha value is -4.23. The average Bonchev–Trinajstić information content (AvgIpc) is 3.57. The fourth-order valence-corrected chi connectivity index (χ4v) is 5.42. The van der Waals surface area contributed by atoms with Crippen LogP contribution in [0.1, 0.15) is 17.0 Å². The third kappa shape index (κ3) is 7.34. The van der Waals surface area contributed by atoms with Crippen molar-refractivity contribution in [2.24, 2.45) is 0 Å². The van der Waals surface area contributed by atoms with E-state index in [1.165, 1.54) is 23.5 Å². The highest BCUT2D eigenvalue weighted by atomic mass is 32.1. The zero-order chi connectivity index (χ0) is 29.5. The number of aromatic amines is 1. The Morgan fingerprint density at radius 3 is 2.74 bits per heavy atom. The number of hydrogen-bond donors (Lipinski definition) is 4. The van der Waals surface area contributed by atoms with Gasteiger partial charge in [-0.05, 0) is 42.9 Å². The molecule has 0 fully saturated rings. The second kappa shape index (κ2) is 13.6. The van der Waals surface area contributed by atoms with Crippen LogP contribution in [-0.2, 0) is 22.5 Å². The number of H-pyrrole nitrogens is 1. The van der Waals surface area contributed by atoms with Gasteiger partial charge in [-0.15, -0.1) is 11.3 Å². The Bertz CT molecular complexity index is 1710. The van der Waals surface area contributed by atoms with Gasteiger partial charge in [0.25, 0.3) is 0 Å². The monoisotopic (exact) mass is 604 g/mol. The van der Waals surface area contributed by atoms with E-state index in [2.05, 4.69) is 30.9 Å². The number of halogens is 1. The van der Waals surface area contributed by atoms with Gasteiger partial charge in [0.2, 0.25) is 5.91 Å². The van der Waals surface area contributed by atoms with Crippen molar-refractivity contribution in [1.82, 2.24) is 25.6 Å². The summed E-state index contributed by atoms with van der Waals surface area (Å²) in [6, 6.07) is 17.3. The highest BCUT2D eigenvalue weighted by molar-refractivity contribution is 7.80. The molecule has 0 saturated heterocycles. The highest BCUT2D eigenvalue weighted by Gasteiger charge is 2.16. The van der Waals surface area contributed by atoms with E-state index in [1.54, 1.807) is 25.4 Å². The zero-order valence-corrected chi connectivity index (χ0v) is 24.6. The first-order valence-corrected chi connectivity index (χ1v) is 14.4. The summed E-state index contributed by atoms with van der Waals surface area (Å²) in [6.45, 7) is 3.98. The van der Waals surface area contributed by atoms with Crippen LogP contribution in [0.4, 0.5) is 10.1 Å². The van der Waals surface area contributed by atoms with Gasteiger partial charge in [0, 0.05) is 44.2 Å². The Balaban J connectivity index is 1.25. The number of thiophene rings is 1. The van der Waals surface area contributed by atoms with E-state index >= 15 is 4.39 Å². The van der Waals surface area contributed by atoms with E-state index in [1.807, 2.05) is 43.3 Å². The molecule has 9 nitrogen and oxygen atoms in total. The molecule has 0 aliphatic heterocycles. The molecule has 1 amide bonds. The van der Waals surface area contributed by atoms with Gasteiger partial charge in [0.1, 0.15) is 11.6 Å². The van der Waals surface area contributed by atoms with Crippen LogP contribution in [-0.4, -0.2) is 46.2 Å². The van der Waals surface area contributed by atoms with Crippen molar-refractivity contribution in [2.75, 3.05) is 25.6 Å². The lowest BCUT2D eigenvalue weighted by molar-refractivity contribution is -0.119. The number of carbonyl (C=O) groups excluding carboxylic acids is 1. The molecule has 0 unspecified atom stereocenters. The number of pyridine rings is 1. The van der Waals surface area contributed by atoms with E-state index in [-0.39, 0.29) is 23.2 Å². The van der Waals surface area contributed by atoms with Crippen LogP contribution < -0.4 is 20.7 Å². The maximum atomic E-state index is 15.1. The fraction of sp³-hybridized carbons (Fsp3) is 0.200. The molecule has 0 bridgehead atoms. The van der Waals surface area contributed by atoms with Crippen LogP contribution in [0.3, 0.4) is 0 Å². The maximum Gasteiger partial charge on any atom is 0.230 e. The molecule has 3 heterocycles. The number of amides is 1. The minimum Gasteiger partial charge on any atom is -0.453 e. The van der Waals surface area contributed by atoms with Crippen LogP contribution in [0.5, 0.6) is 11.5 Å². The summed E-state index contributed by atoms with van der Waals surface area (Å²) in [4.78, 5) is 25.7. The first-order valence-electron chi connectivity index (χ1n) is 13.2. The van der Waals surface area contributed by atoms with Crippen LogP contribution in [0.15, 0.2) is 66.9 Å². The second-order valence-electron chi connectivity index (χ2n) is 9.36. The second-order valence-corrected chi connectivity index (χ2v) is 10.8. The number of imidazole rings is 1. The van der Waals surface area contributed by atoms with Gasteiger partial charge < -0.3 is 30.4 Å². The van der Waals surface area contributed by atoms with E-state index in [0.29, 0.717) is 24.6 Å². The van der Waals surface area contributed by atoms with Gasteiger partial charge in [-0.25, -0.2) is 9.37 Å². The molecule has 5 rings (SSSR count). The lowest BCUT2D eigenvalue weighted by atomic mass is 10.1. The number of nitrogens with zero attached hydrogens (tertiary/aromatic N) is 2. The normalized spacial score (nSPS) is 11.0. The lowest BCUT2D eigenvalue weighted by Gasteiger charge is -2.12. The van der Waals surface area contributed by atoms with Crippen molar-refractivity contribution < 1.29 is 18.7 Å². The van der Waals surface area contributed by atoms with E-state index in [9.17, 15) is 4.79 Å². The molecule has 0 spiro atoms. The summed E-state index contributed by atoms with van der Waals surface area (Å²) in [5.41, 5.74) is 3.86. The highest BCUT2D eigenvalue weighted by Crippen LogP contribution is 2.39. The number of benzene rings is 2. The Morgan fingerprint density at radius 2 is 1.95 bits per heavy atom. The number of hydrogen-bond acceptors (Lipinski definition) is 8. The number of aromatic nitrogens is 3. The van der Waals surface area contributed by atoms with Gasteiger partial charge in [-0.3, -0.25) is 9.78 Å². The third-order valence-corrected chi connectivity index (χ3v) is 7.60. The largest absolute Gasteiger partial charge is 0.453 e. The molecular weight excluding hydrogens is 576 g/mol. The van der Waals surface area contributed by atoms with Crippen molar-refractivity contribution in [2.45, 2.75) is 19.9 Å². The molecule has 42 heavy (non-hydrogen) atoms. The number of nitrogens with one attached hydrogen (secondary N) is 4. The van der Waals surface area contributed by atoms with Crippen LogP contribution in [0.2, 0.25) is 0 Å². The van der Waals surface area contributed by atoms with Crippen molar-refractivity contribution in [3.8, 4) is 22.2 Å². The molecule has 3 aromatic heterocycles. The van der Waals surface area contributed by atoms with Gasteiger partial charge in [0.05, 0.1) is 39.5 Å². The van der Waals surface area contributed by atoms with Gasteiger partial charge in [-0.1, -0.05) is 30.3 Å². The number of carbonyl (C=O) groups is 1. The first kappa shape index (κ1) is 29.3. The number of anilines is 1. The summed E-state index contributed by atoms with van der Waals surface area (Å²) in [5.74, 6) is 0.395. The maximum absolute atomic E-state index is 15.1.